The lowest BCUT2D eigenvalue weighted by Gasteiger charge is -2.36. The van der Waals surface area contributed by atoms with Crippen molar-refractivity contribution in [3.63, 3.8) is 0 Å². The number of aryl methyl sites for hydroxylation is 1. The number of carbonyl (C=O) groups is 1. The van der Waals surface area contributed by atoms with Crippen molar-refractivity contribution in [2.45, 2.75) is 18.4 Å². The summed E-state index contributed by atoms with van der Waals surface area (Å²) >= 11 is 6.04. The molecule has 7 nitrogen and oxygen atoms in total. The number of hydrogen-bond donors (Lipinski definition) is 0. The van der Waals surface area contributed by atoms with Crippen LogP contribution in [-0.2, 0) is 21.4 Å². The third kappa shape index (κ3) is 7.03. The summed E-state index contributed by atoms with van der Waals surface area (Å²) in [4.78, 5) is 16.9. The van der Waals surface area contributed by atoms with Crippen LogP contribution in [0.1, 0.15) is 11.1 Å². The van der Waals surface area contributed by atoms with Crippen molar-refractivity contribution >= 4 is 38.9 Å². The first-order chi connectivity index (χ1) is 20.2. The summed E-state index contributed by atoms with van der Waals surface area (Å²) in [6, 6.07) is 26.8. The number of amides is 1. The SMILES string of the molecule is Cc1ccc(S(=O)(=O)N(Cc2ccc(Cl)cc2)c2ccc(OCC(=O)N3CCN(c4ccc(F)cc4)CC3)cc2)cc1. The Bertz CT molecular complexity index is 1610. The van der Waals surface area contributed by atoms with Crippen molar-refractivity contribution in [2.24, 2.45) is 0 Å². The van der Waals surface area contributed by atoms with Crippen LogP contribution in [0.4, 0.5) is 15.8 Å². The van der Waals surface area contributed by atoms with E-state index in [1.165, 1.54) is 16.4 Å². The molecule has 10 heteroatoms. The second kappa shape index (κ2) is 12.8. The Labute approximate surface area is 250 Å². The van der Waals surface area contributed by atoms with E-state index in [0.29, 0.717) is 42.6 Å². The second-order valence-electron chi connectivity index (χ2n) is 10.1. The maximum Gasteiger partial charge on any atom is 0.264 e. The van der Waals surface area contributed by atoms with Gasteiger partial charge < -0.3 is 14.5 Å². The third-order valence-corrected chi connectivity index (χ3v) is 9.20. The molecule has 0 saturated carbocycles. The molecule has 0 spiro atoms. The number of sulfonamides is 1. The van der Waals surface area contributed by atoms with Crippen molar-refractivity contribution in [1.82, 2.24) is 4.90 Å². The summed E-state index contributed by atoms with van der Waals surface area (Å²) < 4.78 is 47.8. The standard InChI is InChI=1S/C32H31ClFN3O4S/c1-24-2-16-31(17-3-24)42(39,40)37(22-25-4-6-26(33)7-5-25)29-12-14-30(15-13-29)41-23-32(38)36-20-18-35(19-21-36)28-10-8-27(34)9-11-28/h2-17H,18-23H2,1H3. The maximum absolute atomic E-state index is 13.7. The molecule has 42 heavy (non-hydrogen) atoms. The molecule has 0 aromatic heterocycles. The molecule has 4 aromatic rings. The summed E-state index contributed by atoms with van der Waals surface area (Å²) in [7, 11) is -3.88. The van der Waals surface area contributed by atoms with Gasteiger partial charge in [0.2, 0.25) is 0 Å². The van der Waals surface area contributed by atoms with Gasteiger partial charge >= 0.3 is 0 Å². The molecule has 218 valence electrons. The van der Waals surface area contributed by atoms with E-state index in [1.807, 2.05) is 6.92 Å². The van der Waals surface area contributed by atoms with Gasteiger partial charge in [-0.05, 0) is 85.3 Å². The zero-order valence-electron chi connectivity index (χ0n) is 23.1. The molecular weight excluding hydrogens is 577 g/mol. The monoisotopic (exact) mass is 607 g/mol. The van der Waals surface area contributed by atoms with Gasteiger partial charge in [0.25, 0.3) is 15.9 Å². The van der Waals surface area contributed by atoms with Crippen LogP contribution in [0.2, 0.25) is 5.02 Å². The van der Waals surface area contributed by atoms with E-state index in [4.69, 9.17) is 16.3 Å². The minimum atomic E-state index is -3.88. The molecule has 1 heterocycles. The van der Waals surface area contributed by atoms with Gasteiger partial charge in [0.05, 0.1) is 17.1 Å². The number of carbonyl (C=O) groups excluding carboxylic acids is 1. The van der Waals surface area contributed by atoms with Gasteiger partial charge in [-0.1, -0.05) is 41.4 Å². The van der Waals surface area contributed by atoms with E-state index in [0.717, 1.165) is 16.8 Å². The van der Waals surface area contributed by atoms with Crippen LogP contribution < -0.4 is 13.9 Å². The first-order valence-electron chi connectivity index (χ1n) is 13.5. The van der Waals surface area contributed by atoms with Crippen LogP contribution in [0.25, 0.3) is 0 Å². The van der Waals surface area contributed by atoms with Crippen molar-refractivity contribution in [3.8, 4) is 5.75 Å². The minimum Gasteiger partial charge on any atom is -0.484 e. The normalized spacial score (nSPS) is 13.6. The van der Waals surface area contributed by atoms with Crippen molar-refractivity contribution < 1.29 is 22.3 Å². The Hall–Kier alpha value is -4.08. The zero-order valence-corrected chi connectivity index (χ0v) is 24.7. The number of nitrogens with zero attached hydrogens (tertiary/aromatic N) is 3. The van der Waals surface area contributed by atoms with E-state index in [2.05, 4.69) is 4.90 Å². The molecule has 4 aromatic carbocycles. The summed E-state index contributed by atoms with van der Waals surface area (Å²) in [6.45, 7) is 4.24. The molecule has 1 amide bonds. The summed E-state index contributed by atoms with van der Waals surface area (Å²) in [6.07, 6.45) is 0. The predicted octanol–water partition coefficient (Wildman–Crippen LogP) is 5.91. The van der Waals surface area contributed by atoms with Crippen molar-refractivity contribution in [3.05, 3.63) is 119 Å². The quantitative estimate of drug-likeness (QED) is 0.237. The Morgan fingerprint density at radius 1 is 0.857 bits per heavy atom. The fourth-order valence-electron chi connectivity index (χ4n) is 4.72. The Balaban J connectivity index is 1.24. The first-order valence-corrected chi connectivity index (χ1v) is 15.4. The average molecular weight is 608 g/mol. The fraction of sp³-hybridized carbons (Fsp3) is 0.219. The summed E-state index contributed by atoms with van der Waals surface area (Å²) in [5.41, 5.74) is 3.12. The van der Waals surface area contributed by atoms with Gasteiger partial charge in [0, 0.05) is 36.9 Å². The Morgan fingerprint density at radius 3 is 2.10 bits per heavy atom. The predicted molar refractivity (Wildman–Crippen MR) is 163 cm³/mol. The van der Waals surface area contributed by atoms with Gasteiger partial charge in [-0.15, -0.1) is 0 Å². The van der Waals surface area contributed by atoms with Crippen LogP contribution in [0, 0.1) is 12.7 Å². The molecule has 1 aliphatic rings. The fourth-order valence-corrected chi connectivity index (χ4v) is 6.30. The first kappa shape index (κ1) is 29.4. The molecule has 5 rings (SSSR count). The molecule has 1 saturated heterocycles. The van der Waals surface area contributed by atoms with Crippen LogP contribution in [-0.4, -0.2) is 52.0 Å². The smallest absolute Gasteiger partial charge is 0.264 e. The maximum atomic E-state index is 13.7. The molecule has 0 bridgehead atoms. The highest BCUT2D eigenvalue weighted by Gasteiger charge is 2.26. The van der Waals surface area contributed by atoms with E-state index >= 15 is 0 Å². The number of hydrogen-bond acceptors (Lipinski definition) is 5. The van der Waals surface area contributed by atoms with Gasteiger partial charge in [0.1, 0.15) is 11.6 Å². The lowest BCUT2D eigenvalue weighted by molar-refractivity contribution is -0.133. The van der Waals surface area contributed by atoms with Crippen LogP contribution >= 0.6 is 11.6 Å². The van der Waals surface area contributed by atoms with Crippen molar-refractivity contribution in [1.29, 1.82) is 0 Å². The molecule has 1 aliphatic heterocycles. The van der Waals surface area contributed by atoms with Gasteiger partial charge in [-0.25, -0.2) is 12.8 Å². The summed E-state index contributed by atoms with van der Waals surface area (Å²) in [5, 5.41) is 0.567. The van der Waals surface area contributed by atoms with Crippen LogP contribution in [0.5, 0.6) is 5.75 Å². The van der Waals surface area contributed by atoms with E-state index in [-0.39, 0.29) is 29.8 Å². The van der Waals surface area contributed by atoms with Gasteiger partial charge in [-0.2, -0.15) is 0 Å². The van der Waals surface area contributed by atoms with Gasteiger partial charge in [-0.3, -0.25) is 9.10 Å². The number of ether oxygens (including phenoxy) is 1. The van der Waals surface area contributed by atoms with E-state index < -0.39 is 10.0 Å². The lowest BCUT2D eigenvalue weighted by atomic mass is 10.2. The topological polar surface area (TPSA) is 70.2 Å². The number of benzene rings is 4. The zero-order chi connectivity index (χ0) is 29.7. The minimum absolute atomic E-state index is 0.107. The van der Waals surface area contributed by atoms with Crippen LogP contribution in [0.3, 0.4) is 0 Å². The van der Waals surface area contributed by atoms with Gasteiger partial charge in [0.15, 0.2) is 6.61 Å². The number of piperazine rings is 1. The van der Waals surface area contributed by atoms with E-state index in [9.17, 15) is 17.6 Å². The molecule has 0 radical (unpaired) electrons. The molecule has 0 aliphatic carbocycles. The second-order valence-corrected chi connectivity index (χ2v) is 12.4. The Morgan fingerprint density at radius 2 is 1.48 bits per heavy atom. The average Bonchev–Trinajstić information content (AvgIpc) is 3.00. The molecule has 0 N–H and O–H groups in total. The number of rotatable bonds is 9. The largest absolute Gasteiger partial charge is 0.484 e. The molecular formula is C32H31ClFN3O4S. The number of halogens is 2. The third-order valence-electron chi connectivity index (χ3n) is 7.16. The van der Waals surface area contributed by atoms with Crippen LogP contribution in [0.15, 0.2) is 102 Å². The van der Waals surface area contributed by atoms with E-state index in [1.54, 1.807) is 89.8 Å². The molecule has 1 fully saturated rings. The number of anilines is 2. The van der Waals surface area contributed by atoms with Crippen molar-refractivity contribution in [2.75, 3.05) is 42.0 Å². The Kier molecular flexibility index (Phi) is 8.99. The highest BCUT2D eigenvalue weighted by molar-refractivity contribution is 7.92. The summed E-state index contributed by atoms with van der Waals surface area (Å²) in [5.74, 6) is 0.0419. The highest BCUT2D eigenvalue weighted by Crippen LogP contribution is 2.28. The lowest BCUT2D eigenvalue weighted by Crippen LogP contribution is -2.50. The molecule has 0 atom stereocenters. The highest BCUT2D eigenvalue weighted by atomic mass is 35.5. The molecule has 0 unspecified atom stereocenters.